The molecular formula is C28H35N5O4. The zero-order valence-corrected chi connectivity index (χ0v) is 21.4. The van der Waals surface area contributed by atoms with Crippen LogP contribution in [0.5, 0.6) is 11.5 Å². The molecule has 1 fully saturated rings. The molecule has 196 valence electrons. The number of likely N-dealkylation sites (tertiary alicyclic amines) is 1. The van der Waals surface area contributed by atoms with Crippen molar-refractivity contribution in [1.29, 1.82) is 0 Å². The Balaban J connectivity index is 1.39. The number of aromatic nitrogens is 2. The highest BCUT2D eigenvalue weighted by Gasteiger charge is 2.30. The maximum absolute atomic E-state index is 13.6. The van der Waals surface area contributed by atoms with Crippen molar-refractivity contribution >= 4 is 11.9 Å². The minimum Gasteiger partial charge on any atom is -0.497 e. The maximum atomic E-state index is 13.6. The van der Waals surface area contributed by atoms with Gasteiger partial charge in [0.2, 0.25) is 5.91 Å². The van der Waals surface area contributed by atoms with E-state index >= 15 is 0 Å². The van der Waals surface area contributed by atoms with Gasteiger partial charge < -0.3 is 30.0 Å². The fraction of sp³-hybridized carbons (Fsp3) is 0.393. The first kappa shape index (κ1) is 26.1. The number of amides is 3. The molecule has 3 aromatic rings. The number of methoxy groups -OCH3 is 2. The van der Waals surface area contributed by atoms with Gasteiger partial charge in [0, 0.05) is 44.4 Å². The number of piperidine rings is 1. The van der Waals surface area contributed by atoms with Crippen LogP contribution in [0, 0.1) is 0 Å². The molecule has 1 atom stereocenters. The van der Waals surface area contributed by atoms with Crippen LogP contribution in [0.3, 0.4) is 0 Å². The maximum Gasteiger partial charge on any atom is 0.315 e. The van der Waals surface area contributed by atoms with E-state index in [1.807, 2.05) is 47.4 Å². The minimum atomic E-state index is -0.677. The number of urea groups is 1. The molecule has 0 aliphatic carbocycles. The Morgan fingerprint density at radius 1 is 1.08 bits per heavy atom. The van der Waals surface area contributed by atoms with Gasteiger partial charge in [-0.3, -0.25) is 4.79 Å². The number of nitrogens with zero attached hydrogens (tertiary/aromatic N) is 2. The Morgan fingerprint density at radius 3 is 2.51 bits per heavy atom. The Kier molecular flexibility index (Phi) is 9.02. The molecule has 9 heteroatoms. The fourth-order valence-electron chi connectivity index (χ4n) is 4.77. The van der Waals surface area contributed by atoms with Gasteiger partial charge in [0.15, 0.2) is 0 Å². The van der Waals surface area contributed by atoms with E-state index in [0.29, 0.717) is 38.4 Å². The molecule has 0 saturated carbocycles. The quantitative estimate of drug-likeness (QED) is 0.392. The third-order valence-corrected chi connectivity index (χ3v) is 6.82. The lowest BCUT2D eigenvalue weighted by molar-refractivity contribution is -0.134. The molecule has 1 aliphatic rings. The van der Waals surface area contributed by atoms with Crippen LogP contribution in [0.4, 0.5) is 4.79 Å². The summed E-state index contributed by atoms with van der Waals surface area (Å²) in [4.78, 5) is 35.2. The average Bonchev–Trinajstić information content (AvgIpc) is 3.46. The Hall–Kier alpha value is -4.01. The number of imidazole rings is 1. The lowest BCUT2D eigenvalue weighted by atomic mass is 9.88. The molecular weight excluding hydrogens is 470 g/mol. The smallest absolute Gasteiger partial charge is 0.315 e. The summed E-state index contributed by atoms with van der Waals surface area (Å²) >= 11 is 0. The Morgan fingerprint density at radius 2 is 1.84 bits per heavy atom. The summed E-state index contributed by atoms with van der Waals surface area (Å²) in [5, 5.41) is 5.77. The number of nitrogens with one attached hydrogen (secondary N) is 3. The van der Waals surface area contributed by atoms with Gasteiger partial charge in [-0.25, -0.2) is 9.78 Å². The number of rotatable bonds is 10. The second-order valence-corrected chi connectivity index (χ2v) is 9.17. The fourth-order valence-corrected chi connectivity index (χ4v) is 4.77. The van der Waals surface area contributed by atoms with Gasteiger partial charge in [0.1, 0.15) is 17.5 Å². The molecule has 3 amide bonds. The summed E-state index contributed by atoms with van der Waals surface area (Å²) in [5.74, 6) is 1.89. The van der Waals surface area contributed by atoms with E-state index in [9.17, 15) is 9.59 Å². The van der Waals surface area contributed by atoms with Crippen LogP contribution < -0.4 is 20.1 Å². The van der Waals surface area contributed by atoms with Crippen LogP contribution in [0.1, 0.15) is 35.6 Å². The number of para-hydroxylation sites is 1. The van der Waals surface area contributed by atoms with Gasteiger partial charge in [-0.2, -0.15) is 0 Å². The number of hydrogen-bond acceptors (Lipinski definition) is 5. The predicted molar refractivity (Wildman–Crippen MR) is 141 cm³/mol. The summed E-state index contributed by atoms with van der Waals surface area (Å²) < 4.78 is 10.8. The highest BCUT2D eigenvalue weighted by Crippen LogP contribution is 2.34. The van der Waals surface area contributed by atoms with Crippen molar-refractivity contribution in [3.05, 3.63) is 77.9 Å². The van der Waals surface area contributed by atoms with Crippen molar-refractivity contribution in [2.24, 2.45) is 0 Å². The first-order valence-electron chi connectivity index (χ1n) is 12.6. The molecule has 0 radical (unpaired) electrons. The molecule has 1 unspecified atom stereocenters. The number of H-pyrrole nitrogens is 1. The first-order valence-corrected chi connectivity index (χ1v) is 12.6. The van der Waals surface area contributed by atoms with Gasteiger partial charge in [0.25, 0.3) is 0 Å². The van der Waals surface area contributed by atoms with Gasteiger partial charge in [0.05, 0.1) is 20.5 Å². The predicted octanol–water partition coefficient (Wildman–Crippen LogP) is 3.29. The van der Waals surface area contributed by atoms with Crippen LogP contribution in [0.2, 0.25) is 0 Å². The topological polar surface area (TPSA) is 109 Å². The van der Waals surface area contributed by atoms with E-state index in [0.717, 1.165) is 35.6 Å². The third-order valence-electron chi connectivity index (χ3n) is 6.82. The lowest BCUT2D eigenvalue weighted by Crippen LogP contribution is -2.53. The van der Waals surface area contributed by atoms with Gasteiger partial charge in [-0.05, 0) is 48.1 Å². The number of ether oxygens (including phenoxy) is 2. The molecule has 1 saturated heterocycles. The van der Waals surface area contributed by atoms with Crippen LogP contribution in [0.25, 0.3) is 0 Å². The van der Waals surface area contributed by atoms with E-state index in [-0.39, 0.29) is 11.9 Å². The van der Waals surface area contributed by atoms with E-state index in [1.165, 1.54) is 5.56 Å². The standard InChI is InChI=1S/C28H35N5O4/c1-36-23-9-7-20(8-10-23)17-25(32-28(35)30-14-11-22-18-29-19-31-22)27(34)33-15-12-21(13-16-33)24-5-3-4-6-26(24)37-2/h3-10,18-19,21,25H,11-17H2,1-2H3,(H,29,31)(H2,30,32,35). The SMILES string of the molecule is COc1ccc(CC(NC(=O)NCCc2cnc[nH]2)C(=O)N2CCC(c3ccccc3OC)CC2)cc1. The molecule has 2 aromatic carbocycles. The molecule has 9 nitrogen and oxygen atoms in total. The molecule has 2 heterocycles. The number of carbonyl (C=O) groups is 2. The van der Waals surface area contributed by atoms with Crippen LogP contribution in [0.15, 0.2) is 61.1 Å². The average molecular weight is 506 g/mol. The van der Waals surface area contributed by atoms with Crippen LogP contribution >= 0.6 is 0 Å². The van der Waals surface area contributed by atoms with Gasteiger partial charge >= 0.3 is 6.03 Å². The zero-order chi connectivity index (χ0) is 26.0. The zero-order valence-electron chi connectivity index (χ0n) is 21.4. The molecule has 4 rings (SSSR count). The molecule has 0 bridgehead atoms. The summed E-state index contributed by atoms with van der Waals surface area (Å²) in [5.41, 5.74) is 3.06. The highest BCUT2D eigenvalue weighted by molar-refractivity contribution is 5.87. The number of hydrogen-bond donors (Lipinski definition) is 3. The number of aromatic amines is 1. The van der Waals surface area contributed by atoms with E-state index in [4.69, 9.17) is 9.47 Å². The van der Waals surface area contributed by atoms with E-state index < -0.39 is 6.04 Å². The second kappa shape index (κ2) is 12.8. The van der Waals surface area contributed by atoms with Gasteiger partial charge in [-0.15, -0.1) is 0 Å². The Bertz CT molecular complexity index is 1140. The van der Waals surface area contributed by atoms with E-state index in [1.54, 1.807) is 26.7 Å². The summed E-state index contributed by atoms with van der Waals surface area (Å²) in [6.45, 7) is 1.69. The van der Waals surface area contributed by atoms with Crippen molar-refractivity contribution in [2.45, 2.75) is 37.6 Å². The first-order chi connectivity index (χ1) is 18.1. The van der Waals surface area contributed by atoms with Crippen LogP contribution in [-0.4, -0.2) is 66.7 Å². The molecule has 0 spiro atoms. The van der Waals surface area contributed by atoms with Crippen molar-refractivity contribution < 1.29 is 19.1 Å². The highest BCUT2D eigenvalue weighted by atomic mass is 16.5. The van der Waals surface area contributed by atoms with Crippen LogP contribution in [-0.2, 0) is 17.6 Å². The van der Waals surface area contributed by atoms with E-state index in [2.05, 4.69) is 26.7 Å². The largest absolute Gasteiger partial charge is 0.497 e. The van der Waals surface area contributed by atoms with Crippen molar-refractivity contribution in [2.75, 3.05) is 33.9 Å². The summed E-state index contributed by atoms with van der Waals surface area (Å²) in [7, 11) is 3.30. The number of benzene rings is 2. The lowest BCUT2D eigenvalue weighted by Gasteiger charge is -2.35. The Labute approximate surface area is 217 Å². The summed E-state index contributed by atoms with van der Waals surface area (Å²) in [6, 6.07) is 14.6. The van der Waals surface area contributed by atoms with Crippen molar-refractivity contribution in [3.63, 3.8) is 0 Å². The molecule has 1 aliphatic heterocycles. The monoisotopic (exact) mass is 505 g/mol. The second-order valence-electron chi connectivity index (χ2n) is 9.17. The normalized spacial score (nSPS) is 14.6. The minimum absolute atomic E-state index is 0.0713. The summed E-state index contributed by atoms with van der Waals surface area (Å²) in [6.07, 6.45) is 6.04. The molecule has 3 N–H and O–H groups in total. The van der Waals surface area contributed by atoms with Crippen molar-refractivity contribution in [1.82, 2.24) is 25.5 Å². The number of carbonyl (C=O) groups excluding carboxylic acids is 2. The molecule has 1 aromatic heterocycles. The van der Waals surface area contributed by atoms with Gasteiger partial charge in [-0.1, -0.05) is 30.3 Å². The third kappa shape index (κ3) is 7.03. The van der Waals surface area contributed by atoms with Crippen molar-refractivity contribution in [3.8, 4) is 11.5 Å². The molecule has 37 heavy (non-hydrogen) atoms.